The molecule has 8 heteroatoms. The Morgan fingerprint density at radius 2 is 1.93 bits per heavy atom. The largest absolute Gasteiger partial charge is 0.486 e. The van der Waals surface area contributed by atoms with E-state index in [4.69, 9.17) is 14.0 Å². The van der Waals surface area contributed by atoms with Crippen LogP contribution in [-0.4, -0.2) is 47.3 Å². The van der Waals surface area contributed by atoms with Crippen molar-refractivity contribution < 1.29 is 18.8 Å². The molecule has 0 bridgehead atoms. The summed E-state index contributed by atoms with van der Waals surface area (Å²) in [6, 6.07) is 15.1. The summed E-state index contributed by atoms with van der Waals surface area (Å²) in [5.74, 6) is 3.00. The number of likely N-dealkylation sites (N-methyl/N-ethyl adjacent to an activating group) is 1. The summed E-state index contributed by atoms with van der Waals surface area (Å²) in [6.07, 6.45) is -0.222. The Hall–Kier alpha value is -3.00. The maximum atomic E-state index is 13.1. The van der Waals surface area contributed by atoms with Crippen LogP contribution in [0.25, 0.3) is 0 Å². The first kappa shape index (κ1) is 19.3. The fraction of sp³-hybridized carbons (Fsp3) is 0.286. The van der Waals surface area contributed by atoms with Crippen LogP contribution in [0, 0.1) is 6.92 Å². The van der Waals surface area contributed by atoms with Crippen LogP contribution in [0.15, 0.2) is 57.9 Å². The Balaban J connectivity index is 1.41. The smallest absolute Gasteiger partial charge is 0.254 e. The zero-order valence-corrected chi connectivity index (χ0v) is 17.0. The van der Waals surface area contributed by atoms with Crippen molar-refractivity contribution in [3.63, 3.8) is 0 Å². The minimum atomic E-state index is -0.222. The molecule has 1 amide bonds. The number of carbonyl (C=O) groups is 1. The fourth-order valence-corrected chi connectivity index (χ4v) is 3.94. The number of benzene rings is 2. The molecule has 0 N–H and O–H groups in total. The van der Waals surface area contributed by atoms with Crippen molar-refractivity contribution in [2.75, 3.05) is 20.2 Å². The van der Waals surface area contributed by atoms with Gasteiger partial charge in [-0.15, -0.1) is 11.8 Å². The van der Waals surface area contributed by atoms with Gasteiger partial charge in [0, 0.05) is 11.9 Å². The molecule has 3 aromatic rings. The van der Waals surface area contributed by atoms with Gasteiger partial charge in [0.15, 0.2) is 23.4 Å². The van der Waals surface area contributed by atoms with E-state index in [9.17, 15) is 4.79 Å². The lowest BCUT2D eigenvalue weighted by Crippen LogP contribution is -2.41. The van der Waals surface area contributed by atoms with Gasteiger partial charge < -0.3 is 18.9 Å². The highest BCUT2D eigenvalue weighted by Gasteiger charge is 2.25. The molecule has 29 heavy (non-hydrogen) atoms. The number of para-hydroxylation sites is 2. The van der Waals surface area contributed by atoms with E-state index in [-0.39, 0.29) is 12.0 Å². The zero-order valence-electron chi connectivity index (χ0n) is 16.2. The van der Waals surface area contributed by atoms with Gasteiger partial charge in [0.2, 0.25) is 5.89 Å². The highest BCUT2D eigenvalue weighted by molar-refractivity contribution is 7.98. The van der Waals surface area contributed by atoms with E-state index in [0.717, 1.165) is 10.6 Å². The maximum absolute atomic E-state index is 13.1. The lowest BCUT2D eigenvalue weighted by atomic mass is 10.2. The van der Waals surface area contributed by atoms with E-state index >= 15 is 0 Å². The number of ether oxygens (including phenoxy) is 2. The number of hydrogen-bond acceptors (Lipinski definition) is 7. The monoisotopic (exact) mass is 411 g/mol. The standard InChI is InChI=1S/C21H21N3O4S/c1-14-22-20(28-23-14)13-29-19-10-6-3-7-16(19)21(25)24(2)11-15-12-26-17-8-4-5-9-18(17)27-15/h3-10,15H,11-13H2,1-2H3/t15-/m0/s1. The van der Waals surface area contributed by atoms with Crippen LogP contribution in [0.5, 0.6) is 11.5 Å². The van der Waals surface area contributed by atoms with Gasteiger partial charge in [-0.2, -0.15) is 4.98 Å². The van der Waals surface area contributed by atoms with Crippen molar-refractivity contribution in [2.24, 2.45) is 0 Å². The number of carbonyl (C=O) groups excluding carboxylic acids is 1. The predicted octanol–water partition coefficient (Wildman–Crippen LogP) is 3.58. The number of amides is 1. The van der Waals surface area contributed by atoms with Gasteiger partial charge in [-0.05, 0) is 31.2 Å². The van der Waals surface area contributed by atoms with E-state index in [0.29, 0.717) is 41.9 Å². The molecule has 150 valence electrons. The van der Waals surface area contributed by atoms with Crippen molar-refractivity contribution in [1.82, 2.24) is 15.0 Å². The second kappa shape index (κ2) is 8.57. The Kier molecular flexibility index (Phi) is 5.71. The van der Waals surface area contributed by atoms with Gasteiger partial charge in [-0.25, -0.2) is 0 Å². The molecule has 2 aromatic carbocycles. The molecular formula is C21H21N3O4S. The van der Waals surface area contributed by atoms with Crippen LogP contribution < -0.4 is 9.47 Å². The van der Waals surface area contributed by atoms with Gasteiger partial charge in [-0.3, -0.25) is 4.79 Å². The summed E-state index contributed by atoms with van der Waals surface area (Å²) in [4.78, 5) is 19.8. The van der Waals surface area contributed by atoms with E-state index in [1.54, 1.807) is 18.9 Å². The van der Waals surface area contributed by atoms with Gasteiger partial charge in [-0.1, -0.05) is 29.4 Å². The molecule has 7 nitrogen and oxygen atoms in total. The third-order valence-corrected chi connectivity index (χ3v) is 5.49. The Morgan fingerprint density at radius 1 is 1.17 bits per heavy atom. The second-order valence-electron chi connectivity index (χ2n) is 6.70. The minimum Gasteiger partial charge on any atom is -0.486 e. The molecule has 1 aliphatic rings. The highest BCUT2D eigenvalue weighted by atomic mass is 32.2. The van der Waals surface area contributed by atoms with Crippen LogP contribution in [-0.2, 0) is 5.75 Å². The van der Waals surface area contributed by atoms with Crippen LogP contribution in [0.3, 0.4) is 0 Å². The highest BCUT2D eigenvalue weighted by Crippen LogP contribution is 2.31. The quantitative estimate of drug-likeness (QED) is 0.574. The molecule has 1 aromatic heterocycles. The average molecular weight is 411 g/mol. The molecular weight excluding hydrogens is 390 g/mol. The molecule has 1 aliphatic heterocycles. The summed E-state index contributed by atoms with van der Waals surface area (Å²) < 4.78 is 16.9. The predicted molar refractivity (Wildman–Crippen MR) is 108 cm³/mol. The first-order valence-corrected chi connectivity index (χ1v) is 10.2. The molecule has 0 saturated carbocycles. The first-order valence-electron chi connectivity index (χ1n) is 9.25. The molecule has 0 spiro atoms. The molecule has 4 rings (SSSR count). The molecule has 0 radical (unpaired) electrons. The van der Waals surface area contributed by atoms with Crippen molar-refractivity contribution in [2.45, 2.75) is 23.7 Å². The normalized spacial score (nSPS) is 15.2. The molecule has 1 atom stereocenters. The topological polar surface area (TPSA) is 77.7 Å². The third-order valence-electron chi connectivity index (χ3n) is 4.43. The van der Waals surface area contributed by atoms with Crippen molar-refractivity contribution >= 4 is 17.7 Å². The zero-order chi connectivity index (χ0) is 20.2. The second-order valence-corrected chi connectivity index (χ2v) is 7.72. The van der Waals surface area contributed by atoms with E-state index in [2.05, 4.69) is 10.1 Å². The number of thioether (sulfide) groups is 1. The van der Waals surface area contributed by atoms with Gasteiger partial charge in [0.25, 0.3) is 5.91 Å². The molecule has 0 fully saturated rings. The molecule has 0 unspecified atom stereocenters. The number of aromatic nitrogens is 2. The number of fused-ring (bicyclic) bond motifs is 1. The average Bonchev–Trinajstić information content (AvgIpc) is 3.17. The first-order chi connectivity index (χ1) is 14.1. The summed E-state index contributed by atoms with van der Waals surface area (Å²) >= 11 is 1.50. The van der Waals surface area contributed by atoms with Crippen LogP contribution in [0.2, 0.25) is 0 Å². The van der Waals surface area contributed by atoms with Gasteiger partial charge in [0.05, 0.1) is 17.9 Å². The Bertz CT molecular complexity index is 1010. The van der Waals surface area contributed by atoms with E-state index in [1.165, 1.54) is 11.8 Å². The van der Waals surface area contributed by atoms with Crippen molar-refractivity contribution in [3.05, 3.63) is 65.8 Å². The third kappa shape index (κ3) is 4.54. The number of hydrogen-bond donors (Lipinski definition) is 0. The number of aryl methyl sites for hydroxylation is 1. The van der Waals surface area contributed by atoms with Crippen LogP contribution in [0.4, 0.5) is 0 Å². The van der Waals surface area contributed by atoms with Gasteiger partial charge >= 0.3 is 0 Å². The molecule has 2 heterocycles. The summed E-state index contributed by atoms with van der Waals surface area (Å²) in [5.41, 5.74) is 0.633. The summed E-state index contributed by atoms with van der Waals surface area (Å²) in [7, 11) is 1.77. The molecule has 0 aliphatic carbocycles. The fourth-order valence-electron chi connectivity index (χ4n) is 3.05. The van der Waals surface area contributed by atoms with Crippen LogP contribution in [0.1, 0.15) is 22.1 Å². The Labute approximate surface area is 173 Å². The van der Waals surface area contributed by atoms with E-state index < -0.39 is 0 Å². The minimum absolute atomic E-state index is 0.0720. The summed E-state index contributed by atoms with van der Waals surface area (Å²) in [5, 5.41) is 3.80. The number of nitrogens with zero attached hydrogens (tertiary/aromatic N) is 3. The Morgan fingerprint density at radius 3 is 2.72 bits per heavy atom. The van der Waals surface area contributed by atoms with Crippen LogP contribution >= 0.6 is 11.8 Å². The lowest BCUT2D eigenvalue weighted by molar-refractivity contribution is 0.0519. The summed E-state index contributed by atoms with van der Waals surface area (Å²) in [6.45, 7) is 2.61. The van der Waals surface area contributed by atoms with Crippen molar-refractivity contribution in [3.8, 4) is 11.5 Å². The maximum Gasteiger partial charge on any atom is 0.254 e. The molecule has 0 saturated heterocycles. The number of rotatable bonds is 6. The van der Waals surface area contributed by atoms with Crippen molar-refractivity contribution in [1.29, 1.82) is 0 Å². The van der Waals surface area contributed by atoms with Gasteiger partial charge in [0.1, 0.15) is 6.61 Å². The van der Waals surface area contributed by atoms with E-state index in [1.807, 2.05) is 48.5 Å². The SMILES string of the molecule is Cc1noc(CSc2ccccc2C(=O)N(C)C[C@H]2COc3ccccc3O2)n1. The lowest BCUT2D eigenvalue weighted by Gasteiger charge is -2.29.